The summed E-state index contributed by atoms with van der Waals surface area (Å²) in [7, 11) is -1.28. The van der Waals surface area contributed by atoms with Crippen LogP contribution in [0.5, 0.6) is 0 Å². The summed E-state index contributed by atoms with van der Waals surface area (Å²) >= 11 is 0. The fourth-order valence-corrected chi connectivity index (χ4v) is 7.48. The molecule has 0 bridgehead atoms. The lowest BCUT2D eigenvalue weighted by atomic mass is 9.89. The average Bonchev–Trinajstić information content (AvgIpc) is 3.18. The average molecular weight is 455 g/mol. The number of hydrogen-bond acceptors (Lipinski definition) is 1. The minimum Gasteiger partial charge on any atom is -0.590 e. The summed E-state index contributed by atoms with van der Waals surface area (Å²) in [5, 5.41) is 7.11. The summed E-state index contributed by atoms with van der Waals surface area (Å²) in [5.74, 6) is 0. The van der Waals surface area contributed by atoms with Gasteiger partial charge in [-0.1, -0.05) is 84.9 Å². The molecule has 7 rings (SSSR count). The first-order valence-electron chi connectivity index (χ1n) is 11.6. The third-order valence-corrected chi connectivity index (χ3v) is 8.90. The van der Waals surface area contributed by atoms with Gasteiger partial charge in [-0.15, -0.1) is 0 Å². The van der Waals surface area contributed by atoms with Gasteiger partial charge in [-0.05, 0) is 80.5 Å². The third-order valence-electron chi connectivity index (χ3n) is 7.31. The third kappa shape index (κ3) is 2.53. The molecule has 0 atom stereocenters. The zero-order valence-electron chi connectivity index (χ0n) is 19.1. The molecule has 1 nitrogen and oxygen atoms in total. The van der Waals surface area contributed by atoms with Crippen LogP contribution >= 0.6 is 10.8 Å². The van der Waals surface area contributed by atoms with Crippen molar-refractivity contribution >= 4 is 52.5 Å². The van der Waals surface area contributed by atoms with Gasteiger partial charge in [0, 0.05) is 11.1 Å². The van der Waals surface area contributed by atoms with E-state index in [1.54, 1.807) is 0 Å². The van der Waals surface area contributed by atoms with Gasteiger partial charge < -0.3 is 4.55 Å². The molecular weight excluding hydrogens is 432 g/mol. The molecule has 0 amide bonds. The molecule has 0 aliphatic carbocycles. The molecule has 0 radical (unpaired) electrons. The van der Waals surface area contributed by atoms with Crippen LogP contribution in [0.25, 0.3) is 64.0 Å². The fourth-order valence-electron chi connectivity index (χ4n) is 5.73. The summed E-state index contributed by atoms with van der Waals surface area (Å²) in [6.07, 6.45) is 0. The molecule has 0 aliphatic rings. The van der Waals surface area contributed by atoms with E-state index < -0.39 is 10.8 Å². The van der Waals surface area contributed by atoms with E-state index in [0.717, 1.165) is 42.4 Å². The van der Waals surface area contributed by atoms with Crippen molar-refractivity contribution in [1.82, 2.24) is 0 Å². The van der Waals surface area contributed by atoms with Gasteiger partial charge in [0.1, 0.15) is 0 Å². The Hall–Kier alpha value is -3.72. The number of benzene rings is 6. The number of fused-ring (bicyclic) bond motifs is 3. The second kappa shape index (κ2) is 7.14. The fraction of sp³-hybridized carbons (Fsp3) is 0.0625. The van der Waals surface area contributed by atoms with Crippen LogP contribution in [0, 0.1) is 13.8 Å². The smallest absolute Gasteiger partial charge is 0.189 e. The van der Waals surface area contributed by atoms with E-state index in [0.29, 0.717) is 0 Å². The molecule has 0 spiro atoms. The molecule has 2 heteroatoms. The lowest BCUT2D eigenvalue weighted by Crippen LogP contribution is -1.87. The van der Waals surface area contributed by atoms with Gasteiger partial charge in [-0.2, -0.15) is 0 Å². The van der Waals surface area contributed by atoms with Gasteiger partial charge in [-0.25, -0.2) is 0 Å². The molecule has 1 heterocycles. The van der Waals surface area contributed by atoms with E-state index in [-0.39, 0.29) is 0 Å². The summed E-state index contributed by atoms with van der Waals surface area (Å²) in [4.78, 5) is 0. The largest absolute Gasteiger partial charge is 0.590 e. The predicted molar refractivity (Wildman–Crippen MR) is 147 cm³/mol. The van der Waals surface area contributed by atoms with Crippen LogP contribution in [-0.4, -0.2) is 4.55 Å². The molecule has 0 unspecified atom stereocenters. The Labute approximate surface area is 201 Å². The van der Waals surface area contributed by atoms with Crippen LogP contribution < -0.4 is 0 Å². The minimum absolute atomic E-state index is 0.957. The molecule has 162 valence electrons. The maximum Gasteiger partial charge on any atom is 0.189 e. The quantitative estimate of drug-likeness (QED) is 0.188. The van der Waals surface area contributed by atoms with Crippen molar-refractivity contribution < 1.29 is 4.55 Å². The van der Waals surface area contributed by atoms with Gasteiger partial charge in [0.25, 0.3) is 0 Å². The highest BCUT2D eigenvalue weighted by Crippen LogP contribution is 2.54. The first-order valence-corrected chi connectivity index (χ1v) is 12.8. The van der Waals surface area contributed by atoms with Gasteiger partial charge in [0.2, 0.25) is 0 Å². The molecule has 0 N–H and O–H groups in total. The zero-order valence-corrected chi connectivity index (χ0v) is 19.9. The lowest BCUT2D eigenvalue weighted by Gasteiger charge is -2.11. The normalized spacial score (nSPS) is 12.0. The topological polar surface area (TPSA) is 23.1 Å². The van der Waals surface area contributed by atoms with Crippen LogP contribution in [0.3, 0.4) is 0 Å². The van der Waals surface area contributed by atoms with Crippen LogP contribution in [0.15, 0.2) is 97.1 Å². The van der Waals surface area contributed by atoms with Crippen molar-refractivity contribution in [2.24, 2.45) is 0 Å². The first kappa shape index (κ1) is 19.7. The Morgan fingerprint density at radius 3 is 1.29 bits per heavy atom. The summed E-state index contributed by atoms with van der Waals surface area (Å²) in [6.45, 7) is 4.26. The standard InChI is InChI=1S/C32H22OS/c1-19-9-3-5-11-21(19)27-17-15-25-23-13-7-8-14-24(23)26-16-18-28(22-12-6-4-10-20(22)2)32-30(26)29(25)31(27)34(32)33/h3-18H,1-2H3. The van der Waals surface area contributed by atoms with Crippen LogP contribution in [0.1, 0.15) is 11.1 Å². The van der Waals surface area contributed by atoms with Crippen molar-refractivity contribution in [3.63, 3.8) is 0 Å². The Morgan fingerprint density at radius 1 is 0.441 bits per heavy atom. The molecular formula is C32H22OS. The van der Waals surface area contributed by atoms with Crippen LogP contribution in [-0.2, 0) is 0 Å². The molecule has 0 saturated heterocycles. The Balaban J connectivity index is 1.77. The van der Waals surface area contributed by atoms with Gasteiger partial charge in [-0.3, -0.25) is 0 Å². The van der Waals surface area contributed by atoms with Crippen molar-refractivity contribution in [1.29, 1.82) is 0 Å². The molecule has 6 aromatic carbocycles. The van der Waals surface area contributed by atoms with Crippen LogP contribution in [0.2, 0.25) is 0 Å². The molecule has 0 aliphatic heterocycles. The Kier molecular flexibility index (Phi) is 4.14. The van der Waals surface area contributed by atoms with Crippen molar-refractivity contribution in [2.45, 2.75) is 13.8 Å². The van der Waals surface area contributed by atoms with Crippen molar-refractivity contribution in [2.75, 3.05) is 0 Å². The van der Waals surface area contributed by atoms with Crippen LogP contribution in [0.4, 0.5) is 0 Å². The molecule has 1 aromatic heterocycles. The van der Waals surface area contributed by atoms with E-state index in [1.807, 2.05) is 0 Å². The Morgan fingerprint density at radius 2 is 0.853 bits per heavy atom. The monoisotopic (exact) mass is 454 g/mol. The second-order valence-electron chi connectivity index (χ2n) is 9.17. The highest BCUT2D eigenvalue weighted by molar-refractivity contribution is 7.38. The highest BCUT2D eigenvalue weighted by atomic mass is 32.2. The van der Waals surface area contributed by atoms with Gasteiger partial charge in [0.05, 0.1) is 10.8 Å². The number of rotatable bonds is 2. The summed E-state index contributed by atoms with van der Waals surface area (Å²) in [6, 6.07) is 34.2. The van der Waals surface area contributed by atoms with E-state index in [9.17, 15) is 4.55 Å². The number of aryl methyl sites for hydroxylation is 2. The minimum atomic E-state index is -1.28. The Bertz CT molecular complexity index is 1750. The summed E-state index contributed by atoms with van der Waals surface area (Å²) in [5.41, 5.74) is 6.85. The number of thiophene rings is 1. The van der Waals surface area contributed by atoms with Gasteiger partial charge >= 0.3 is 0 Å². The van der Waals surface area contributed by atoms with E-state index in [4.69, 9.17) is 0 Å². The number of hydrogen-bond donors (Lipinski definition) is 0. The molecule has 0 fully saturated rings. The maximum atomic E-state index is 14.5. The maximum absolute atomic E-state index is 14.5. The lowest BCUT2D eigenvalue weighted by molar-refractivity contribution is 0.602. The summed E-state index contributed by atoms with van der Waals surface area (Å²) < 4.78 is 16.4. The first-order chi connectivity index (χ1) is 16.6. The van der Waals surface area contributed by atoms with Crippen molar-refractivity contribution in [3.05, 3.63) is 108 Å². The second-order valence-corrected chi connectivity index (χ2v) is 10.5. The predicted octanol–water partition coefficient (Wildman–Crippen LogP) is 9.42. The molecule has 7 aromatic rings. The molecule has 34 heavy (non-hydrogen) atoms. The van der Waals surface area contributed by atoms with Crippen molar-refractivity contribution in [3.8, 4) is 22.3 Å². The highest BCUT2D eigenvalue weighted by Gasteiger charge is 2.28. The van der Waals surface area contributed by atoms with Gasteiger partial charge in [0.15, 0.2) is 9.40 Å². The molecule has 0 saturated carbocycles. The SMILES string of the molecule is Cc1ccccc1-c1ccc2c3ccccc3c3ccc(-c4ccccc4C)c4c3c2c1[s+]4[O-]. The van der Waals surface area contributed by atoms with E-state index in [2.05, 4.69) is 111 Å². The zero-order chi connectivity index (χ0) is 23.0. The van der Waals surface area contributed by atoms with E-state index >= 15 is 0 Å². The van der Waals surface area contributed by atoms with E-state index in [1.165, 1.54) is 32.7 Å².